The fraction of sp³-hybridized carbons (Fsp3) is 0.500. The predicted molar refractivity (Wildman–Crippen MR) is 76.7 cm³/mol. The Morgan fingerprint density at radius 1 is 1.44 bits per heavy atom. The number of halogens is 1. The average Bonchev–Trinajstić information content (AvgIpc) is 2.31. The van der Waals surface area contributed by atoms with Crippen LogP contribution in [0, 0.1) is 12.8 Å². The van der Waals surface area contributed by atoms with E-state index in [-0.39, 0.29) is 18.6 Å². The van der Waals surface area contributed by atoms with Crippen molar-refractivity contribution in [3.63, 3.8) is 0 Å². The van der Waals surface area contributed by atoms with Crippen LogP contribution in [0.5, 0.6) is 0 Å². The lowest BCUT2D eigenvalue weighted by Crippen LogP contribution is -2.39. The molecule has 1 aromatic carbocycles. The van der Waals surface area contributed by atoms with Crippen LogP contribution in [-0.4, -0.2) is 23.7 Å². The fourth-order valence-electron chi connectivity index (χ4n) is 1.80. The lowest BCUT2D eigenvalue weighted by atomic mass is 10.00. The first-order chi connectivity index (χ1) is 8.45. The van der Waals surface area contributed by atoms with Crippen LogP contribution in [-0.2, 0) is 0 Å². The molecular formula is C14H20BrNO2. The minimum Gasteiger partial charge on any atom is -0.396 e. The standard InChI is InChI=1S/C14H20BrNO2/c1-9(2)13(6-7-17)16-14(18)12-8-11(15)5-4-10(12)3/h4-5,8-9,13,17H,6-7H2,1-3H3,(H,16,18). The van der Waals surface area contributed by atoms with Gasteiger partial charge in [-0.05, 0) is 37.0 Å². The number of carbonyl (C=O) groups excluding carboxylic acids is 1. The van der Waals surface area contributed by atoms with E-state index in [0.717, 1.165) is 10.0 Å². The Bertz CT molecular complexity index is 418. The highest BCUT2D eigenvalue weighted by atomic mass is 79.9. The van der Waals surface area contributed by atoms with Gasteiger partial charge in [0.15, 0.2) is 0 Å². The smallest absolute Gasteiger partial charge is 0.251 e. The zero-order valence-electron chi connectivity index (χ0n) is 11.0. The Labute approximate surface area is 117 Å². The van der Waals surface area contributed by atoms with Crippen LogP contribution in [0.1, 0.15) is 36.2 Å². The Hall–Kier alpha value is -0.870. The van der Waals surface area contributed by atoms with E-state index in [9.17, 15) is 4.79 Å². The zero-order chi connectivity index (χ0) is 13.7. The third-order valence-electron chi connectivity index (χ3n) is 3.01. The molecule has 0 radical (unpaired) electrons. The van der Waals surface area contributed by atoms with Gasteiger partial charge in [0.05, 0.1) is 0 Å². The Morgan fingerprint density at radius 2 is 2.11 bits per heavy atom. The molecule has 0 aliphatic rings. The molecule has 100 valence electrons. The highest BCUT2D eigenvalue weighted by Gasteiger charge is 2.17. The average molecular weight is 314 g/mol. The van der Waals surface area contributed by atoms with Crippen molar-refractivity contribution in [2.24, 2.45) is 5.92 Å². The van der Waals surface area contributed by atoms with Gasteiger partial charge in [0.2, 0.25) is 0 Å². The molecule has 0 bridgehead atoms. The molecule has 1 amide bonds. The molecule has 0 aromatic heterocycles. The summed E-state index contributed by atoms with van der Waals surface area (Å²) in [5.74, 6) is 0.217. The van der Waals surface area contributed by atoms with E-state index in [1.807, 2.05) is 39.0 Å². The maximum Gasteiger partial charge on any atom is 0.251 e. The lowest BCUT2D eigenvalue weighted by Gasteiger charge is -2.22. The number of aryl methyl sites for hydroxylation is 1. The number of hydrogen-bond donors (Lipinski definition) is 2. The molecule has 0 saturated heterocycles. The lowest BCUT2D eigenvalue weighted by molar-refractivity contribution is 0.0916. The van der Waals surface area contributed by atoms with Crippen LogP contribution in [0.15, 0.2) is 22.7 Å². The minimum atomic E-state index is -0.0825. The summed E-state index contributed by atoms with van der Waals surface area (Å²) in [6.07, 6.45) is 0.580. The van der Waals surface area contributed by atoms with E-state index < -0.39 is 0 Å². The van der Waals surface area contributed by atoms with E-state index in [1.165, 1.54) is 0 Å². The predicted octanol–water partition coefficient (Wildman–Crippen LogP) is 2.89. The molecule has 1 atom stereocenters. The molecule has 1 unspecified atom stereocenters. The molecule has 0 heterocycles. The summed E-state index contributed by atoms with van der Waals surface area (Å²) in [7, 11) is 0. The van der Waals surface area contributed by atoms with Gasteiger partial charge in [-0.3, -0.25) is 4.79 Å². The van der Waals surface area contributed by atoms with E-state index in [4.69, 9.17) is 5.11 Å². The molecule has 0 aliphatic heterocycles. The number of amides is 1. The van der Waals surface area contributed by atoms with Gasteiger partial charge in [-0.1, -0.05) is 35.8 Å². The molecule has 0 saturated carbocycles. The second kappa shape index (κ2) is 6.90. The molecule has 0 fully saturated rings. The Kier molecular flexibility index (Phi) is 5.82. The van der Waals surface area contributed by atoms with Crippen molar-refractivity contribution in [1.82, 2.24) is 5.32 Å². The van der Waals surface area contributed by atoms with Gasteiger partial charge in [-0.25, -0.2) is 0 Å². The van der Waals surface area contributed by atoms with Crippen molar-refractivity contribution < 1.29 is 9.90 Å². The number of benzene rings is 1. The van der Waals surface area contributed by atoms with E-state index >= 15 is 0 Å². The first-order valence-electron chi connectivity index (χ1n) is 6.13. The normalized spacial score (nSPS) is 12.6. The Balaban J connectivity index is 2.83. The topological polar surface area (TPSA) is 49.3 Å². The highest BCUT2D eigenvalue weighted by molar-refractivity contribution is 9.10. The van der Waals surface area contributed by atoms with Crippen molar-refractivity contribution in [2.75, 3.05) is 6.61 Å². The van der Waals surface area contributed by atoms with E-state index in [1.54, 1.807) is 0 Å². The van der Waals surface area contributed by atoms with Gasteiger partial charge in [0, 0.05) is 22.7 Å². The summed E-state index contributed by atoms with van der Waals surface area (Å²) in [6.45, 7) is 6.07. The summed E-state index contributed by atoms with van der Waals surface area (Å²) in [5.41, 5.74) is 1.62. The number of rotatable bonds is 5. The van der Waals surface area contributed by atoms with Crippen molar-refractivity contribution in [1.29, 1.82) is 0 Å². The summed E-state index contributed by atoms with van der Waals surface area (Å²) >= 11 is 3.37. The largest absolute Gasteiger partial charge is 0.396 e. The number of carbonyl (C=O) groups is 1. The molecule has 1 rings (SSSR count). The minimum absolute atomic E-state index is 0.000816. The monoisotopic (exact) mass is 313 g/mol. The van der Waals surface area contributed by atoms with E-state index in [2.05, 4.69) is 21.2 Å². The van der Waals surface area contributed by atoms with Crippen LogP contribution < -0.4 is 5.32 Å². The SMILES string of the molecule is Cc1ccc(Br)cc1C(=O)NC(CCO)C(C)C. The second-order valence-electron chi connectivity index (χ2n) is 4.80. The van der Waals surface area contributed by atoms with Crippen molar-refractivity contribution >= 4 is 21.8 Å². The van der Waals surface area contributed by atoms with Crippen LogP contribution in [0.25, 0.3) is 0 Å². The quantitative estimate of drug-likeness (QED) is 0.878. The van der Waals surface area contributed by atoms with Crippen LogP contribution in [0.3, 0.4) is 0 Å². The van der Waals surface area contributed by atoms with E-state index in [0.29, 0.717) is 17.9 Å². The maximum absolute atomic E-state index is 12.2. The zero-order valence-corrected chi connectivity index (χ0v) is 12.6. The van der Waals surface area contributed by atoms with Crippen LogP contribution in [0.4, 0.5) is 0 Å². The van der Waals surface area contributed by atoms with Crippen LogP contribution >= 0.6 is 15.9 Å². The molecule has 0 spiro atoms. The second-order valence-corrected chi connectivity index (χ2v) is 5.71. The van der Waals surface area contributed by atoms with Gasteiger partial charge >= 0.3 is 0 Å². The van der Waals surface area contributed by atoms with Gasteiger partial charge in [-0.15, -0.1) is 0 Å². The molecule has 1 aromatic rings. The number of aliphatic hydroxyl groups is 1. The first kappa shape index (κ1) is 15.2. The summed E-state index contributed by atoms with van der Waals surface area (Å²) in [5, 5.41) is 12.0. The van der Waals surface area contributed by atoms with Crippen molar-refractivity contribution in [2.45, 2.75) is 33.2 Å². The third kappa shape index (κ3) is 4.10. The summed E-state index contributed by atoms with van der Waals surface area (Å²) in [6, 6.07) is 5.65. The van der Waals surface area contributed by atoms with Gasteiger partial charge in [0.25, 0.3) is 5.91 Å². The number of hydrogen-bond acceptors (Lipinski definition) is 2. The van der Waals surface area contributed by atoms with Crippen molar-refractivity contribution in [3.8, 4) is 0 Å². The summed E-state index contributed by atoms with van der Waals surface area (Å²) in [4.78, 5) is 12.2. The van der Waals surface area contributed by atoms with Crippen LogP contribution in [0.2, 0.25) is 0 Å². The molecule has 2 N–H and O–H groups in total. The molecular weight excluding hydrogens is 294 g/mol. The number of nitrogens with one attached hydrogen (secondary N) is 1. The van der Waals surface area contributed by atoms with Gasteiger partial charge in [0.1, 0.15) is 0 Å². The third-order valence-corrected chi connectivity index (χ3v) is 3.50. The molecule has 4 heteroatoms. The fourth-order valence-corrected chi connectivity index (χ4v) is 2.16. The maximum atomic E-state index is 12.2. The summed E-state index contributed by atoms with van der Waals surface area (Å²) < 4.78 is 0.890. The van der Waals surface area contributed by atoms with Gasteiger partial charge in [-0.2, -0.15) is 0 Å². The van der Waals surface area contributed by atoms with Gasteiger partial charge < -0.3 is 10.4 Å². The Morgan fingerprint density at radius 3 is 2.67 bits per heavy atom. The first-order valence-corrected chi connectivity index (χ1v) is 6.93. The molecule has 3 nitrogen and oxygen atoms in total. The highest BCUT2D eigenvalue weighted by Crippen LogP contribution is 2.17. The molecule has 0 aliphatic carbocycles. The number of aliphatic hydroxyl groups excluding tert-OH is 1. The molecule has 18 heavy (non-hydrogen) atoms. The van der Waals surface area contributed by atoms with Crippen molar-refractivity contribution in [3.05, 3.63) is 33.8 Å².